The second kappa shape index (κ2) is 8.90. The molecule has 1 aliphatic rings. The van der Waals surface area contributed by atoms with Crippen LogP contribution in [0.25, 0.3) is 0 Å². The highest BCUT2D eigenvalue weighted by Crippen LogP contribution is 2.31. The molecule has 1 aliphatic heterocycles. The highest BCUT2D eigenvalue weighted by atomic mass is 16.6. The summed E-state index contributed by atoms with van der Waals surface area (Å²) in [6, 6.07) is 13.4. The van der Waals surface area contributed by atoms with E-state index in [4.69, 9.17) is 18.9 Å². The van der Waals surface area contributed by atoms with Crippen molar-refractivity contribution in [2.45, 2.75) is 13.0 Å². The van der Waals surface area contributed by atoms with Gasteiger partial charge in [-0.3, -0.25) is 4.79 Å². The number of hydrogen-bond acceptors (Lipinski definition) is 7. The Kier molecular flexibility index (Phi) is 6.11. The minimum Gasteiger partial charge on any atom is -0.485 e. The summed E-state index contributed by atoms with van der Waals surface area (Å²) in [4.78, 5) is 36.2. The zero-order valence-electron chi connectivity index (χ0n) is 15.2. The first kappa shape index (κ1) is 19.2. The molecule has 0 spiro atoms. The molecular weight excluding hydrogens is 366 g/mol. The minimum atomic E-state index is -0.963. The second-order valence-electron chi connectivity index (χ2n) is 5.79. The Morgan fingerprint density at radius 3 is 2.54 bits per heavy atom. The van der Waals surface area contributed by atoms with E-state index in [-0.39, 0.29) is 24.5 Å². The molecule has 8 nitrogen and oxygen atoms in total. The van der Waals surface area contributed by atoms with Gasteiger partial charge in [-0.25, -0.2) is 9.59 Å². The highest BCUT2D eigenvalue weighted by molar-refractivity contribution is 6.01. The van der Waals surface area contributed by atoms with Crippen molar-refractivity contribution in [2.24, 2.45) is 0 Å². The lowest BCUT2D eigenvalue weighted by Crippen LogP contribution is -2.39. The monoisotopic (exact) mass is 385 g/mol. The number of carbonyl (C=O) groups excluding carboxylic acids is 3. The number of fused-ring (bicyclic) bond motifs is 1. The minimum absolute atomic E-state index is 0.0108. The van der Waals surface area contributed by atoms with Gasteiger partial charge in [-0.2, -0.15) is 0 Å². The smallest absolute Gasteiger partial charge is 0.351 e. The summed E-state index contributed by atoms with van der Waals surface area (Å²) >= 11 is 0. The Labute approximate surface area is 161 Å². The van der Waals surface area contributed by atoms with Crippen LogP contribution in [0.3, 0.4) is 0 Å². The molecule has 8 heteroatoms. The molecule has 2 aromatic rings. The molecule has 2 aromatic carbocycles. The maximum Gasteiger partial charge on any atom is 0.351 e. The Morgan fingerprint density at radius 2 is 1.75 bits per heavy atom. The maximum absolute atomic E-state index is 12.1. The first-order chi connectivity index (χ1) is 13.6. The lowest BCUT2D eigenvalue weighted by Gasteiger charge is -2.24. The van der Waals surface area contributed by atoms with Crippen molar-refractivity contribution >= 4 is 23.5 Å². The van der Waals surface area contributed by atoms with Crippen LogP contribution in [0.1, 0.15) is 17.3 Å². The summed E-state index contributed by atoms with van der Waals surface area (Å²) < 4.78 is 20.9. The van der Waals surface area contributed by atoms with Crippen LogP contribution in [-0.2, 0) is 19.1 Å². The van der Waals surface area contributed by atoms with E-state index in [0.717, 1.165) is 0 Å². The van der Waals surface area contributed by atoms with E-state index in [1.807, 2.05) is 0 Å². The fraction of sp³-hybridized carbons (Fsp3) is 0.250. The predicted molar refractivity (Wildman–Crippen MR) is 98.3 cm³/mol. The van der Waals surface area contributed by atoms with Crippen molar-refractivity contribution in [2.75, 3.05) is 25.1 Å². The van der Waals surface area contributed by atoms with Gasteiger partial charge >= 0.3 is 11.9 Å². The zero-order chi connectivity index (χ0) is 19.9. The fourth-order valence-electron chi connectivity index (χ4n) is 2.53. The molecule has 0 aromatic heterocycles. The fourth-order valence-corrected chi connectivity index (χ4v) is 2.53. The maximum atomic E-state index is 12.1. The molecule has 0 bridgehead atoms. The van der Waals surface area contributed by atoms with E-state index in [2.05, 4.69) is 5.32 Å². The molecule has 0 fully saturated rings. The number of nitrogens with one attached hydrogen (secondary N) is 1. The number of anilines is 1. The van der Waals surface area contributed by atoms with Crippen molar-refractivity contribution in [1.82, 2.24) is 0 Å². The van der Waals surface area contributed by atoms with Crippen molar-refractivity contribution in [3.8, 4) is 11.5 Å². The molecule has 0 saturated heterocycles. The second-order valence-corrected chi connectivity index (χ2v) is 5.79. The van der Waals surface area contributed by atoms with Crippen LogP contribution in [0.15, 0.2) is 48.5 Å². The van der Waals surface area contributed by atoms with Crippen molar-refractivity contribution in [3.63, 3.8) is 0 Å². The van der Waals surface area contributed by atoms with Crippen molar-refractivity contribution < 1.29 is 33.3 Å². The molecule has 1 atom stereocenters. The average Bonchev–Trinajstić information content (AvgIpc) is 2.72. The molecular formula is C20H19NO7. The molecule has 1 heterocycles. The van der Waals surface area contributed by atoms with E-state index in [1.165, 1.54) is 6.07 Å². The molecule has 146 valence electrons. The number of carbonyl (C=O) groups is 3. The SMILES string of the molecule is CCOC(=O)c1ccccc1NC(=O)COC(=O)[C@H]1COc2ccccc2O1. The van der Waals surface area contributed by atoms with Crippen LogP contribution in [-0.4, -0.2) is 43.8 Å². The molecule has 1 N–H and O–H groups in total. The normalized spacial score (nSPS) is 14.7. The summed E-state index contributed by atoms with van der Waals surface area (Å²) in [6.45, 7) is 1.36. The summed E-state index contributed by atoms with van der Waals surface area (Å²) in [6.07, 6.45) is -0.963. The van der Waals surface area contributed by atoms with Gasteiger partial charge in [0.1, 0.15) is 6.61 Å². The Bertz CT molecular complexity index is 880. The van der Waals surface area contributed by atoms with Gasteiger partial charge in [0, 0.05) is 0 Å². The number of hydrogen-bond donors (Lipinski definition) is 1. The Morgan fingerprint density at radius 1 is 1.04 bits per heavy atom. The van der Waals surface area contributed by atoms with Gasteiger partial charge in [0.15, 0.2) is 18.1 Å². The summed E-state index contributed by atoms with van der Waals surface area (Å²) in [5.74, 6) is -0.893. The average molecular weight is 385 g/mol. The van der Waals surface area contributed by atoms with E-state index in [0.29, 0.717) is 11.5 Å². The van der Waals surface area contributed by atoms with E-state index in [9.17, 15) is 14.4 Å². The summed E-state index contributed by atoms with van der Waals surface area (Å²) in [5, 5.41) is 2.53. The number of rotatable bonds is 6. The Hall–Kier alpha value is -3.55. The van der Waals surface area contributed by atoms with Gasteiger partial charge in [0.05, 0.1) is 17.9 Å². The zero-order valence-corrected chi connectivity index (χ0v) is 15.2. The Balaban J connectivity index is 1.54. The highest BCUT2D eigenvalue weighted by Gasteiger charge is 2.29. The molecule has 0 aliphatic carbocycles. The lowest BCUT2D eigenvalue weighted by molar-refractivity contribution is -0.156. The third-order valence-corrected chi connectivity index (χ3v) is 3.81. The number of ether oxygens (including phenoxy) is 4. The molecule has 0 unspecified atom stereocenters. The third kappa shape index (κ3) is 4.59. The quantitative estimate of drug-likeness (QED) is 0.761. The molecule has 0 radical (unpaired) electrons. The number of para-hydroxylation sites is 3. The van der Waals surface area contributed by atoms with Gasteiger partial charge < -0.3 is 24.3 Å². The van der Waals surface area contributed by atoms with E-state index >= 15 is 0 Å². The third-order valence-electron chi connectivity index (χ3n) is 3.81. The topological polar surface area (TPSA) is 100 Å². The van der Waals surface area contributed by atoms with Crippen LogP contribution in [0.2, 0.25) is 0 Å². The summed E-state index contributed by atoms with van der Waals surface area (Å²) in [7, 11) is 0. The van der Waals surface area contributed by atoms with Crippen LogP contribution >= 0.6 is 0 Å². The van der Waals surface area contributed by atoms with Crippen LogP contribution < -0.4 is 14.8 Å². The predicted octanol–water partition coefficient (Wildman–Crippen LogP) is 2.18. The van der Waals surface area contributed by atoms with Gasteiger partial charge in [0.2, 0.25) is 6.10 Å². The van der Waals surface area contributed by atoms with Gasteiger partial charge in [-0.15, -0.1) is 0 Å². The van der Waals surface area contributed by atoms with Crippen LogP contribution in [0, 0.1) is 0 Å². The molecule has 28 heavy (non-hydrogen) atoms. The molecule has 3 rings (SSSR count). The van der Waals surface area contributed by atoms with Crippen LogP contribution in [0.4, 0.5) is 5.69 Å². The first-order valence-corrected chi connectivity index (χ1v) is 8.69. The van der Waals surface area contributed by atoms with E-state index in [1.54, 1.807) is 49.4 Å². The number of amides is 1. The largest absolute Gasteiger partial charge is 0.485 e. The standard InChI is InChI=1S/C20H19NO7/c1-2-25-19(23)13-7-3-4-8-14(13)21-18(22)12-27-20(24)17-11-26-15-9-5-6-10-16(15)28-17/h3-10,17H,2,11-12H2,1H3,(H,21,22)/t17-/m1/s1. The van der Waals surface area contributed by atoms with Gasteiger partial charge in [-0.05, 0) is 31.2 Å². The number of benzene rings is 2. The van der Waals surface area contributed by atoms with Crippen LogP contribution in [0.5, 0.6) is 11.5 Å². The number of esters is 2. The lowest BCUT2D eigenvalue weighted by atomic mass is 10.2. The molecule has 1 amide bonds. The van der Waals surface area contributed by atoms with Crippen molar-refractivity contribution in [3.05, 3.63) is 54.1 Å². The summed E-state index contributed by atoms with van der Waals surface area (Å²) in [5.41, 5.74) is 0.484. The first-order valence-electron chi connectivity index (χ1n) is 8.69. The van der Waals surface area contributed by atoms with E-state index < -0.39 is 30.6 Å². The van der Waals surface area contributed by atoms with Gasteiger partial charge in [0.25, 0.3) is 5.91 Å². The molecule has 0 saturated carbocycles. The van der Waals surface area contributed by atoms with Crippen molar-refractivity contribution in [1.29, 1.82) is 0 Å². The van der Waals surface area contributed by atoms with Gasteiger partial charge in [-0.1, -0.05) is 24.3 Å².